The molecule has 0 saturated heterocycles. The third-order valence-corrected chi connectivity index (χ3v) is 6.30. The molecule has 1 aliphatic carbocycles. The van der Waals surface area contributed by atoms with Gasteiger partial charge < -0.3 is 16.4 Å². The minimum absolute atomic E-state index is 0.0671. The van der Waals surface area contributed by atoms with Crippen molar-refractivity contribution in [1.82, 2.24) is 0 Å². The molecule has 1 saturated carbocycles. The fourth-order valence-corrected chi connectivity index (χ4v) is 4.85. The molecule has 4 rings (SSSR count). The molecule has 2 aliphatic rings. The van der Waals surface area contributed by atoms with Gasteiger partial charge in [-0.3, -0.25) is 0 Å². The number of nitrogens with two attached hydrogens (primary N) is 1. The number of halogens is 3. The molecule has 2 aromatic carbocycles. The second-order valence-electron chi connectivity index (χ2n) is 7.62. The van der Waals surface area contributed by atoms with Crippen molar-refractivity contribution >= 4 is 23.0 Å². The van der Waals surface area contributed by atoms with Crippen LogP contribution in [0.2, 0.25) is 5.02 Å². The highest BCUT2D eigenvalue weighted by Gasteiger charge is 2.47. The molecule has 0 spiro atoms. The quantitative estimate of drug-likeness (QED) is 0.648. The van der Waals surface area contributed by atoms with Crippen LogP contribution in [-0.4, -0.2) is 6.54 Å². The summed E-state index contributed by atoms with van der Waals surface area (Å²) in [6.07, 6.45) is 5.85. The van der Waals surface area contributed by atoms with Crippen molar-refractivity contribution in [2.24, 2.45) is 17.6 Å². The molecule has 1 atom stereocenters. The predicted octanol–water partition coefficient (Wildman–Crippen LogP) is 5.46. The van der Waals surface area contributed by atoms with E-state index in [1.165, 1.54) is 31.4 Å². The zero-order chi connectivity index (χ0) is 19.0. The Balaban J connectivity index is 1.80. The summed E-state index contributed by atoms with van der Waals surface area (Å²) >= 11 is 6.09. The first-order valence-corrected chi connectivity index (χ1v) is 9.93. The molecule has 0 aromatic heterocycles. The van der Waals surface area contributed by atoms with Crippen LogP contribution >= 0.6 is 11.6 Å². The Labute approximate surface area is 163 Å². The minimum atomic E-state index is -0.864. The number of nitrogens with one attached hydrogen (secondary N) is 2. The number of fused-ring (bicyclic) bond motifs is 1. The van der Waals surface area contributed by atoms with Crippen LogP contribution in [-0.2, 0) is 5.66 Å². The largest absolute Gasteiger partial charge is 0.357 e. The van der Waals surface area contributed by atoms with Gasteiger partial charge in [0.25, 0.3) is 0 Å². The fraction of sp³-hybridized carbons (Fsp3) is 0.429. The normalized spacial score (nSPS) is 19.9. The number of benzene rings is 2. The average molecular weight is 392 g/mol. The van der Waals surface area contributed by atoms with Gasteiger partial charge in [0.1, 0.15) is 5.66 Å². The summed E-state index contributed by atoms with van der Waals surface area (Å²) < 4.78 is 27.7. The van der Waals surface area contributed by atoms with E-state index in [1.54, 1.807) is 0 Å². The van der Waals surface area contributed by atoms with E-state index in [0.29, 0.717) is 28.9 Å². The molecule has 0 radical (unpaired) electrons. The van der Waals surface area contributed by atoms with Crippen molar-refractivity contribution < 1.29 is 8.78 Å². The Morgan fingerprint density at radius 2 is 1.56 bits per heavy atom. The van der Waals surface area contributed by atoms with Gasteiger partial charge in [-0.25, -0.2) is 8.78 Å². The highest BCUT2D eigenvalue weighted by Crippen LogP contribution is 2.48. The molecule has 144 valence electrons. The Hall–Kier alpha value is -1.85. The van der Waals surface area contributed by atoms with E-state index in [2.05, 4.69) is 10.6 Å². The van der Waals surface area contributed by atoms with Crippen LogP contribution in [0.15, 0.2) is 36.4 Å². The second-order valence-corrected chi connectivity index (χ2v) is 8.05. The fourth-order valence-electron chi connectivity index (χ4n) is 4.73. The van der Waals surface area contributed by atoms with Gasteiger partial charge in [0.15, 0.2) is 11.6 Å². The van der Waals surface area contributed by atoms with Crippen LogP contribution in [0.5, 0.6) is 0 Å². The topological polar surface area (TPSA) is 50.1 Å². The molecule has 0 amide bonds. The van der Waals surface area contributed by atoms with Crippen LogP contribution in [0, 0.1) is 23.5 Å². The zero-order valence-electron chi connectivity index (χ0n) is 15.1. The lowest BCUT2D eigenvalue weighted by Gasteiger charge is -2.44. The second kappa shape index (κ2) is 7.28. The molecule has 1 fully saturated rings. The number of anilines is 2. The molecular formula is C21H24ClF2N3. The zero-order valence-corrected chi connectivity index (χ0v) is 15.8. The van der Waals surface area contributed by atoms with Crippen molar-refractivity contribution in [3.8, 4) is 0 Å². The number of rotatable bonds is 4. The lowest BCUT2D eigenvalue weighted by atomic mass is 9.71. The first-order chi connectivity index (χ1) is 13.0. The maximum atomic E-state index is 13.8. The molecule has 4 N–H and O–H groups in total. The lowest BCUT2D eigenvalue weighted by Crippen LogP contribution is -2.52. The van der Waals surface area contributed by atoms with Crippen LogP contribution in [0.25, 0.3) is 0 Å². The Bertz CT molecular complexity index is 788. The third-order valence-electron chi connectivity index (χ3n) is 6.05. The molecule has 0 bridgehead atoms. The minimum Gasteiger partial charge on any atom is -0.357 e. The standard InChI is InChI=1S/C21H24ClF2N3/c22-15-8-6-14(7-9-15)21(16(12-25)13-4-2-1-3-5-13)26-19-10-17(23)18(24)11-20(19)27-21/h6-11,13,16,26-27H,1-5,12,25H2. The van der Waals surface area contributed by atoms with E-state index in [9.17, 15) is 8.78 Å². The van der Waals surface area contributed by atoms with Crippen molar-refractivity contribution in [3.05, 3.63) is 58.6 Å². The SMILES string of the molecule is NCC(C1CCCCC1)C1(c2ccc(Cl)cc2)Nc2cc(F)c(F)cc2N1. The van der Waals surface area contributed by atoms with Crippen LogP contribution in [0.1, 0.15) is 37.7 Å². The molecular weight excluding hydrogens is 368 g/mol. The Morgan fingerprint density at radius 1 is 1.00 bits per heavy atom. The summed E-state index contributed by atoms with van der Waals surface area (Å²) in [5.41, 5.74) is 7.63. The van der Waals surface area contributed by atoms with Gasteiger partial charge >= 0.3 is 0 Å². The maximum Gasteiger partial charge on any atom is 0.161 e. The summed E-state index contributed by atoms with van der Waals surface area (Å²) in [5, 5.41) is 7.56. The highest BCUT2D eigenvalue weighted by molar-refractivity contribution is 6.30. The van der Waals surface area contributed by atoms with Gasteiger partial charge in [0, 0.05) is 23.1 Å². The number of hydrogen-bond donors (Lipinski definition) is 3. The average Bonchev–Trinajstić information content (AvgIpc) is 3.03. The van der Waals surface area contributed by atoms with E-state index in [0.717, 1.165) is 18.4 Å². The van der Waals surface area contributed by atoms with E-state index >= 15 is 0 Å². The van der Waals surface area contributed by atoms with Gasteiger partial charge in [-0.1, -0.05) is 43.0 Å². The third kappa shape index (κ3) is 3.27. The summed E-state index contributed by atoms with van der Waals surface area (Å²) in [5.74, 6) is -1.23. The predicted molar refractivity (Wildman–Crippen MR) is 106 cm³/mol. The summed E-state index contributed by atoms with van der Waals surface area (Å²) in [6, 6.07) is 9.99. The Morgan fingerprint density at radius 3 is 2.07 bits per heavy atom. The molecule has 1 heterocycles. The molecule has 1 unspecified atom stereocenters. The van der Waals surface area contributed by atoms with Crippen molar-refractivity contribution in [2.75, 3.05) is 17.2 Å². The van der Waals surface area contributed by atoms with Crippen LogP contribution in [0.3, 0.4) is 0 Å². The molecule has 3 nitrogen and oxygen atoms in total. The molecule has 1 aliphatic heterocycles. The monoisotopic (exact) mass is 391 g/mol. The first kappa shape index (κ1) is 18.5. The summed E-state index contributed by atoms with van der Waals surface area (Å²) in [6.45, 7) is 0.465. The first-order valence-electron chi connectivity index (χ1n) is 9.55. The smallest absolute Gasteiger partial charge is 0.161 e. The van der Waals surface area contributed by atoms with Crippen molar-refractivity contribution in [2.45, 2.75) is 37.8 Å². The van der Waals surface area contributed by atoms with Crippen LogP contribution in [0.4, 0.5) is 20.2 Å². The van der Waals surface area contributed by atoms with E-state index in [1.807, 2.05) is 24.3 Å². The highest BCUT2D eigenvalue weighted by atomic mass is 35.5. The summed E-state index contributed by atoms with van der Waals surface area (Å²) in [7, 11) is 0. The van der Waals surface area contributed by atoms with Gasteiger partial charge in [0.2, 0.25) is 0 Å². The molecule has 2 aromatic rings. The van der Waals surface area contributed by atoms with Gasteiger partial charge in [0.05, 0.1) is 11.4 Å². The summed E-state index contributed by atoms with van der Waals surface area (Å²) in [4.78, 5) is 0. The van der Waals surface area contributed by atoms with Gasteiger partial charge in [-0.05, 0) is 43.0 Å². The van der Waals surface area contributed by atoms with E-state index in [-0.39, 0.29) is 5.92 Å². The van der Waals surface area contributed by atoms with Crippen LogP contribution < -0.4 is 16.4 Å². The van der Waals surface area contributed by atoms with Crippen molar-refractivity contribution in [3.63, 3.8) is 0 Å². The van der Waals surface area contributed by atoms with Crippen molar-refractivity contribution in [1.29, 1.82) is 0 Å². The lowest BCUT2D eigenvalue weighted by molar-refractivity contribution is 0.187. The van der Waals surface area contributed by atoms with Gasteiger partial charge in [-0.2, -0.15) is 0 Å². The molecule has 6 heteroatoms. The number of hydrogen-bond acceptors (Lipinski definition) is 3. The Kier molecular flexibility index (Phi) is 4.99. The van der Waals surface area contributed by atoms with E-state index < -0.39 is 17.3 Å². The maximum absolute atomic E-state index is 13.8. The van der Waals surface area contributed by atoms with Gasteiger partial charge in [-0.15, -0.1) is 0 Å². The van der Waals surface area contributed by atoms with E-state index in [4.69, 9.17) is 17.3 Å². The molecule has 27 heavy (non-hydrogen) atoms.